The number of hydrogen-bond acceptors (Lipinski definition) is 6. The molecule has 0 unspecified atom stereocenters. The largest absolute Gasteiger partial charge is 0.479 e. The molecule has 0 aliphatic rings. The van der Waals surface area contributed by atoms with E-state index < -0.39 is 36.1 Å². The molecule has 0 bridgehead atoms. The highest BCUT2D eigenvalue weighted by molar-refractivity contribution is 5.87. The van der Waals surface area contributed by atoms with Gasteiger partial charge in [-0.3, -0.25) is 0 Å². The molecule has 0 saturated heterocycles. The lowest BCUT2D eigenvalue weighted by molar-refractivity contribution is -0.165. The number of rotatable bonds is 5. The first kappa shape index (κ1) is 24.2. The highest BCUT2D eigenvalue weighted by Gasteiger charge is 2.29. The number of aliphatic hydroxyl groups excluding tert-OH is 2. The van der Waals surface area contributed by atoms with Gasteiger partial charge in [0.1, 0.15) is 0 Å². The second-order valence-electron chi connectivity index (χ2n) is 4.91. The Bertz CT molecular complexity index is 706. The molecular weight excluding hydrogens is 376 g/mol. The van der Waals surface area contributed by atoms with E-state index in [0.29, 0.717) is 11.1 Å². The van der Waals surface area contributed by atoms with Gasteiger partial charge in [0, 0.05) is 0 Å². The minimum Gasteiger partial charge on any atom is -0.479 e. The molecule has 0 spiro atoms. The molecule has 0 aliphatic heterocycles. The number of aromatic carboxylic acids is 2. The predicted molar refractivity (Wildman–Crippen MR) is 94.1 cm³/mol. The molecular formula is C18H18O10. The Labute approximate surface area is 158 Å². The van der Waals surface area contributed by atoms with Gasteiger partial charge in [0.25, 0.3) is 0 Å². The second-order valence-corrected chi connectivity index (χ2v) is 4.91. The minimum absolute atomic E-state index is 0.331. The van der Waals surface area contributed by atoms with Crippen molar-refractivity contribution in [1.29, 1.82) is 0 Å². The number of aliphatic carboxylic acids is 2. The van der Waals surface area contributed by atoms with Crippen LogP contribution in [0.15, 0.2) is 60.7 Å². The van der Waals surface area contributed by atoms with Crippen LogP contribution >= 0.6 is 0 Å². The molecule has 0 heterocycles. The van der Waals surface area contributed by atoms with Crippen molar-refractivity contribution in [3.63, 3.8) is 0 Å². The molecule has 0 saturated carbocycles. The molecule has 0 aromatic heterocycles. The Morgan fingerprint density at radius 2 is 0.786 bits per heavy atom. The summed E-state index contributed by atoms with van der Waals surface area (Å²) in [6.45, 7) is 0. The molecule has 2 rings (SSSR count). The van der Waals surface area contributed by atoms with Crippen molar-refractivity contribution in [2.45, 2.75) is 12.2 Å². The van der Waals surface area contributed by atoms with Crippen molar-refractivity contribution in [2.24, 2.45) is 0 Å². The monoisotopic (exact) mass is 394 g/mol. The molecule has 28 heavy (non-hydrogen) atoms. The highest BCUT2D eigenvalue weighted by Crippen LogP contribution is 1.97. The van der Waals surface area contributed by atoms with Gasteiger partial charge in [0.2, 0.25) is 0 Å². The molecule has 0 amide bonds. The topological polar surface area (TPSA) is 190 Å². The van der Waals surface area contributed by atoms with E-state index >= 15 is 0 Å². The first-order chi connectivity index (χ1) is 13.1. The van der Waals surface area contributed by atoms with Crippen LogP contribution in [0.1, 0.15) is 20.7 Å². The van der Waals surface area contributed by atoms with Crippen LogP contribution in [0.4, 0.5) is 0 Å². The van der Waals surface area contributed by atoms with Gasteiger partial charge in [-0.25, -0.2) is 19.2 Å². The average molecular weight is 394 g/mol. The zero-order valence-corrected chi connectivity index (χ0v) is 14.2. The lowest BCUT2D eigenvalue weighted by atomic mass is 10.2. The van der Waals surface area contributed by atoms with E-state index in [0.717, 1.165) is 0 Å². The summed E-state index contributed by atoms with van der Waals surface area (Å²) in [5.41, 5.74) is 0.662. The first-order valence-electron chi connectivity index (χ1n) is 7.46. The molecule has 2 aromatic carbocycles. The Balaban J connectivity index is 0.000000391. The summed E-state index contributed by atoms with van der Waals surface area (Å²) in [5, 5.41) is 49.3. The Morgan fingerprint density at radius 3 is 0.929 bits per heavy atom. The van der Waals surface area contributed by atoms with Gasteiger partial charge in [-0.15, -0.1) is 0 Å². The number of aliphatic hydroxyl groups is 2. The Hall–Kier alpha value is -3.76. The molecule has 2 atom stereocenters. The summed E-state index contributed by atoms with van der Waals surface area (Å²) in [4.78, 5) is 39.9. The second kappa shape index (κ2) is 12.6. The van der Waals surface area contributed by atoms with Crippen LogP contribution in [0, 0.1) is 0 Å². The molecule has 2 aromatic rings. The van der Waals surface area contributed by atoms with Crippen LogP contribution in [-0.4, -0.2) is 66.7 Å². The average Bonchev–Trinajstić information content (AvgIpc) is 2.69. The minimum atomic E-state index is -2.27. The van der Waals surface area contributed by atoms with Gasteiger partial charge >= 0.3 is 23.9 Å². The number of hydrogen-bond donors (Lipinski definition) is 6. The van der Waals surface area contributed by atoms with E-state index in [2.05, 4.69) is 0 Å². The molecule has 10 heteroatoms. The molecule has 150 valence electrons. The molecule has 10 nitrogen and oxygen atoms in total. The zero-order chi connectivity index (χ0) is 21.7. The standard InChI is InChI=1S/2C7H6O2.C4H6O6/c2*8-7(9)6-4-2-1-3-5-6;5-1(3(7)8)2(6)4(9)10/h2*1-5H,(H,8,9);1-2,5-6H,(H,7,8)(H,9,10)/t;;1-,2-/m..0/s1. The summed E-state index contributed by atoms with van der Waals surface area (Å²) < 4.78 is 0. The van der Waals surface area contributed by atoms with Crippen LogP contribution in [-0.2, 0) is 9.59 Å². The van der Waals surface area contributed by atoms with Crippen LogP contribution in [0.3, 0.4) is 0 Å². The van der Waals surface area contributed by atoms with Gasteiger partial charge in [0.05, 0.1) is 11.1 Å². The number of carbonyl (C=O) groups is 4. The maximum absolute atomic E-state index is 10.2. The quantitative estimate of drug-likeness (QED) is 0.420. The summed E-state index contributed by atoms with van der Waals surface area (Å²) in [6.07, 6.45) is -4.53. The van der Waals surface area contributed by atoms with Gasteiger partial charge < -0.3 is 30.6 Å². The fourth-order valence-corrected chi connectivity index (χ4v) is 1.43. The normalized spacial score (nSPS) is 11.4. The fraction of sp³-hybridized carbons (Fsp3) is 0.111. The van der Waals surface area contributed by atoms with E-state index in [1.165, 1.54) is 0 Å². The SMILES string of the molecule is O=C(O)[C@@H](O)[C@H](O)C(=O)O.O=C(O)c1ccccc1.O=C(O)c1ccccc1. The van der Waals surface area contributed by atoms with Crippen molar-refractivity contribution in [1.82, 2.24) is 0 Å². The molecule has 6 N–H and O–H groups in total. The molecule has 0 radical (unpaired) electrons. The summed E-state index contributed by atoms with van der Waals surface area (Å²) in [5.74, 6) is -5.30. The number of carboxylic acid groups (broad SMARTS) is 4. The van der Waals surface area contributed by atoms with Crippen LogP contribution in [0.25, 0.3) is 0 Å². The van der Waals surface area contributed by atoms with E-state index in [1.54, 1.807) is 60.7 Å². The van der Waals surface area contributed by atoms with Gasteiger partial charge in [-0.05, 0) is 24.3 Å². The fourth-order valence-electron chi connectivity index (χ4n) is 1.43. The maximum Gasteiger partial charge on any atom is 0.335 e. The molecule has 0 fully saturated rings. The van der Waals surface area contributed by atoms with Crippen LogP contribution < -0.4 is 0 Å². The lowest BCUT2D eigenvalue weighted by Gasteiger charge is -2.07. The van der Waals surface area contributed by atoms with Crippen molar-refractivity contribution in [3.8, 4) is 0 Å². The summed E-state index contributed by atoms with van der Waals surface area (Å²) in [6, 6.07) is 16.6. The third-order valence-corrected chi connectivity index (χ3v) is 2.85. The zero-order valence-electron chi connectivity index (χ0n) is 14.2. The van der Waals surface area contributed by atoms with E-state index in [4.69, 9.17) is 30.6 Å². The highest BCUT2D eigenvalue weighted by atomic mass is 16.4. The van der Waals surface area contributed by atoms with E-state index in [9.17, 15) is 19.2 Å². The summed E-state index contributed by atoms with van der Waals surface area (Å²) in [7, 11) is 0. The predicted octanol–water partition coefficient (Wildman–Crippen LogP) is 0.647. The van der Waals surface area contributed by atoms with Gasteiger partial charge in [-0.2, -0.15) is 0 Å². The number of carboxylic acids is 4. The van der Waals surface area contributed by atoms with Crippen molar-refractivity contribution < 1.29 is 49.8 Å². The van der Waals surface area contributed by atoms with Crippen molar-refractivity contribution >= 4 is 23.9 Å². The maximum atomic E-state index is 10.2. The van der Waals surface area contributed by atoms with Gasteiger partial charge in [-0.1, -0.05) is 36.4 Å². The molecule has 0 aliphatic carbocycles. The first-order valence-corrected chi connectivity index (χ1v) is 7.46. The van der Waals surface area contributed by atoms with E-state index in [-0.39, 0.29) is 0 Å². The van der Waals surface area contributed by atoms with Crippen LogP contribution in [0.5, 0.6) is 0 Å². The Morgan fingerprint density at radius 1 is 0.536 bits per heavy atom. The summed E-state index contributed by atoms with van der Waals surface area (Å²) >= 11 is 0. The smallest absolute Gasteiger partial charge is 0.335 e. The van der Waals surface area contributed by atoms with Crippen LogP contribution in [0.2, 0.25) is 0 Å². The third-order valence-electron chi connectivity index (χ3n) is 2.85. The number of benzene rings is 2. The Kier molecular flexibility index (Phi) is 10.9. The van der Waals surface area contributed by atoms with Crippen molar-refractivity contribution in [2.75, 3.05) is 0 Å². The van der Waals surface area contributed by atoms with E-state index in [1.807, 2.05) is 0 Å². The van der Waals surface area contributed by atoms with Crippen molar-refractivity contribution in [3.05, 3.63) is 71.8 Å². The lowest BCUT2D eigenvalue weighted by Crippen LogP contribution is -2.39. The third kappa shape index (κ3) is 9.65. The van der Waals surface area contributed by atoms with Gasteiger partial charge in [0.15, 0.2) is 12.2 Å².